The second-order valence-corrected chi connectivity index (χ2v) is 7.11. The van der Waals surface area contributed by atoms with Crippen molar-refractivity contribution in [3.63, 3.8) is 0 Å². The second-order valence-electron chi connectivity index (χ2n) is 6.31. The average Bonchev–Trinajstić information content (AvgIpc) is 2.69. The van der Waals surface area contributed by atoms with Gasteiger partial charge in [-0.25, -0.2) is 8.78 Å². The highest BCUT2D eigenvalue weighted by molar-refractivity contribution is 8.03. The lowest BCUT2D eigenvalue weighted by atomic mass is 10.00. The summed E-state index contributed by atoms with van der Waals surface area (Å²) in [4.78, 5) is -0.375. The largest absolute Gasteiger partial charge is 0.573 e. The van der Waals surface area contributed by atoms with Gasteiger partial charge in [0.2, 0.25) is 0 Å². The van der Waals surface area contributed by atoms with Crippen molar-refractivity contribution in [1.82, 2.24) is 0 Å². The van der Waals surface area contributed by atoms with Crippen LogP contribution in [0.1, 0.15) is 16.7 Å². The first-order valence-corrected chi connectivity index (χ1v) is 9.52. The fourth-order valence-electron chi connectivity index (χ4n) is 2.75. The molecule has 8 heteroatoms. The number of nitriles is 1. The number of thiocyanates is 1. The highest BCUT2D eigenvalue weighted by Crippen LogP contribution is 2.28. The maximum absolute atomic E-state index is 13.9. The van der Waals surface area contributed by atoms with Crippen LogP contribution >= 0.6 is 11.8 Å². The maximum Gasteiger partial charge on any atom is 0.573 e. The van der Waals surface area contributed by atoms with Gasteiger partial charge < -0.3 is 4.74 Å². The fourth-order valence-corrected chi connectivity index (χ4v) is 3.15. The number of ether oxygens (including phenoxy) is 1. The summed E-state index contributed by atoms with van der Waals surface area (Å²) in [5, 5.41) is 10.2. The van der Waals surface area contributed by atoms with Gasteiger partial charge in [-0.1, -0.05) is 36.1 Å². The molecule has 0 aliphatic heterocycles. The first kappa shape index (κ1) is 22.2. The van der Waals surface area contributed by atoms with Crippen LogP contribution in [0.5, 0.6) is 5.75 Å². The highest BCUT2D eigenvalue weighted by Gasteiger charge is 2.30. The van der Waals surface area contributed by atoms with E-state index in [2.05, 4.69) is 16.6 Å². The standard InChI is InChI=1S/C23H12F5NOS/c1-14-10-18(17-6-8-19(9-7-17)30-23(26,27)28)5-4-16(14)3-2-15-11-20(24)22(31-13-29)21(25)12-15/h4-12H,1H3. The van der Waals surface area contributed by atoms with Crippen molar-refractivity contribution in [2.24, 2.45) is 0 Å². The van der Waals surface area contributed by atoms with Crippen LogP contribution in [-0.4, -0.2) is 6.36 Å². The van der Waals surface area contributed by atoms with Crippen molar-refractivity contribution in [3.05, 3.63) is 82.9 Å². The third-order valence-electron chi connectivity index (χ3n) is 4.14. The van der Waals surface area contributed by atoms with E-state index in [1.165, 1.54) is 24.3 Å². The Kier molecular flexibility index (Phi) is 6.53. The molecule has 0 bridgehead atoms. The molecule has 31 heavy (non-hydrogen) atoms. The van der Waals surface area contributed by atoms with Crippen LogP contribution in [0.15, 0.2) is 59.5 Å². The van der Waals surface area contributed by atoms with Crippen LogP contribution in [0, 0.1) is 41.1 Å². The zero-order chi connectivity index (χ0) is 22.6. The summed E-state index contributed by atoms with van der Waals surface area (Å²) >= 11 is 0.401. The molecule has 3 aromatic carbocycles. The molecule has 0 heterocycles. The Bertz CT molecular complexity index is 1190. The topological polar surface area (TPSA) is 33.0 Å². The number of alkyl halides is 3. The van der Waals surface area contributed by atoms with Gasteiger partial charge in [0.25, 0.3) is 0 Å². The normalized spacial score (nSPS) is 10.7. The molecule has 2 nitrogen and oxygen atoms in total. The molecule has 156 valence electrons. The Morgan fingerprint density at radius 1 is 0.871 bits per heavy atom. The smallest absolute Gasteiger partial charge is 0.406 e. The maximum atomic E-state index is 13.9. The summed E-state index contributed by atoms with van der Waals surface area (Å²) in [7, 11) is 0. The summed E-state index contributed by atoms with van der Waals surface area (Å²) < 4.78 is 68.5. The van der Waals surface area contributed by atoms with E-state index in [0.29, 0.717) is 22.9 Å². The predicted molar refractivity (Wildman–Crippen MR) is 107 cm³/mol. The van der Waals surface area contributed by atoms with Gasteiger partial charge in [0.1, 0.15) is 22.8 Å². The molecule has 0 saturated heterocycles. The van der Waals surface area contributed by atoms with Gasteiger partial charge in [0.05, 0.1) is 4.90 Å². The molecule has 0 N–H and O–H groups in total. The third kappa shape index (κ3) is 5.78. The van der Waals surface area contributed by atoms with E-state index in [-0.39, 0.29) is 16.2 Å². The van der Waals surface area contributed by atoms with E-state index in [1.807, 2.05) is 0 Å². The van der Waals surface area contributed by atoms with Crippen LogP contribution in [0.4, 0.5) is 22.0 Å². The minimum absolute atomic E-state index is 0.126. The Labute approximate surface area is 179 Å². The lowest BCUT2D eigenvalue weighted by Crippen LogP contribution is -2.16. The summed E-state index contributed by atoms with van der Waals surface area (Å²) in [6.07, 6.45) is -4.75. The van der Waals surface area contributed by atoms with Gasteiger partial charge in [-0.3, -0.25) is 0 Å². The Morgan fingerprint density at radius 3 is 2.03 bits per heavy atom. The van der Waals surface area contributed by atoms with E-state index < -0.39 is 18.0 Å². The van der Waals surface area contributed by atoms with E-state index in [0.717, 1.165) is 23.3 Å². The second kappa shape index (κ2) is 9.11. The van der Waals surface area contributed by atoms with Crippen molar-refractivity contribution in [3.8, 4) is 34.1 Å². The molecule has 0 fully saturated rings. The van der Waals surface area contributed by atoms with Gasteiger partial charge in [-0.05, 0) is 65.7 Å². The van der Waals surface area contributed by atoms with E-state index in [4.69, 9.17) is 5.26 Å². The van der Waals surface area contributed by atoms with Gasteiger partial charge >= 0.3 is 6.36 Å². The zero-order valence-corrected chi connectivity index (χ0v) is 16.7. The third-order valence-corrected chi connectivity index (χ3v) is 4.82. The summed E-state index contributed by atoms with van der Waals surface area (Å²) in [6.45, 7) is 1.79. The SMILES string of the molecule is Cc1cc(-c2ccc(OC(F)(F)F)cc2)ccc1C#Cc1cc(F)c(SC#N)c(F)c1. The molecular formula is C23H12F5NOS. The van der Waals surface area contributed by atoms with Crippen molar-refractivity contribution in [2.75, 3.05) is 0 Å². The first-order chi connectivity index (χ1) is 14.7. The summed E-state index contributed by atoms with van der Waals surface area (Å²) in [6, 6.07) is 12.8. The molecule has 0 radical (unpaired) electrons. The first-order valence-electron chi connectivity index (χ1n) is 8.70. The number of benzene rings is 3. The van der Waals surface area contributed by atoms with Crippen molar-refractivity contribution < 1.29 is 26.7 Å². The molecule has 0 spiro atoms. The number of nitrogens with zero attached hydrogens (tertiary/aromatic N) is 1. The lowest BCUT2D eigenvalue weighted by molar-refractivity contribution is -0.274. The van der Waals surface area contributed by atoms with Crippen molar-refractivity contribution in [2.45, 2.75) is 18.2 Å². The fraction of sp³-hybridized carbons (Fsp3) is 0.0870. The number of halogens is 5. The molecule has 0 amide bonds. The molecule has 3 rings (SSSR count). The van der Waals surface area contributed by atoms with Gasteiger partial charge in [-0.15, -0.1) is 13.2 Å². The summed E-state index contributed by atoms with van der Waals surface area (Å²) in [5.41, 5.74) is 2.97. The Balaban J connectivity index is 1.82. The molecule has 3 aromatic rings. The number of hydrogen-bond donors (Lipinski definition) is 0. The summed E-state index contributed by atoms with van der Waals surface area (Å²) in [5.74, 6) is 3.51. The zero-order valence-electron chi connectivity index (χ0n) is 15.8. The Hall–Kier alpha value is -3.49. The van der Waals surface area contributed by atoms with E-state index in [9.17, 15) is 22.0 Å². The number of hydrogen-bond acceptors (Lipinski definition) is 3. The quantitative estimate of drug-likeness (QED) is 0.192. The minimum atomic E-state index is -4.75. The van der Waals surface area contributed by atoms with Crippen molar-refractivity contribution in [1.29, 1.82) is 5.26 Å². The average molecular weight is 445 g/mol. The molecular weight excluding hydrogens is 433 g/mol. The van der Waals surface area contributed by atoms with Crippen molar-refractivity contribution >= 4 is 11.8 Å². The molecule has 0 atom stereocenters. The number of thioether (sulfide) groups is 1. The molecule has 0 aliphatic rings. The highest BCUT2D eigenvalue weighted by atomic mass is 32.2. The minimum Gasteiger partial charge on any atom is -0.406 e. The lowest BCUT2D eigenvalue weighted by Gasteiger charge is -2.10. The number of rotatable bonds is 3. The van der Waals surface area contributed by atoms with Gasteiger partial charge in [-0.2, -0.15) is 5.26 Å². The van der Waals surface area contributed by atoms with E-state index in [1.54, 1.807) is 30.5 Å². The predicted octanol–water partition coefficient (Wildman–Crippen LogP) is 6.81. The monoisotopic (exact) mass is 445 g/mol. The molecule has 0 aromatic heterocycles. The van der Waals surface area contributed by atoms with Crippen LogP contribution in [0.2, 0.25) is 0 Å². The van der Waals surface area contributed by atoms with E-state index >= 15 is 0 Å². The molecule has 0 aliphatic carbocycles. The van der Waals surface area contributed by atoms with Crippen LogP contribution in [-0.2, 0) is 0 Å². The van der Waals surface area contributed by atoms with Gasteiger partial charge in [0, 0.05) is 11.1 Å². The molecule has 0 saturated carbocycles. The van der Waals surface area contributed by atoms with Gasteiger partial charge in [0.15, 0.2) is 0 Å². The van der Waals surface area contributed by atoms with Crippen LogP contribution in [0.25, 0.3) is 11.1 Å². The molecule has 0 unspecified atom stereocenters. The number of aryl methyl sites for hydroxylation is 1. The van der Waals surface area contributed by atoms with Crippen LogP contribution in [0.3, 0.4) is 0 Å². The van der Waals surface area contributed by atoms with Crippen LogP contribution < -0.4 is 4.74 Å². The Morgan fingerprint density at radius 2 is 1.48 bits per heavy atom.